The molecule has 1 N–H and O–H groups in total. The second kappa shape index (κ2) is 6.55. The van der Waals surface area contributed by atoms with E-state index in [1.807, 2.05) is 11.3 Å². The Labute approximate surface area is 110 Å². The molecule has 1 nitrogen and oxygen atoms in total. The average molecular weight is 251 g/mol. The van der Waals surface area contributed by atoms with Crippen LogP contribution in [-0.2, 0) is 6.42 Å². The van der Waals surface area contributed by atoms with E-state index in [-0.39, 0.29) is 0 Å². The maximum atomic E-state index is 3.70. The van der Waals surface area contributed by atoms with E-state index >= 15 is 0 Å². The predicted molar refractivity (Wildman–Crippen MR) is 76.6 cm³/mol. The summed E-state index contributed by atoms with van der Waals surface area (Å²) in [5, 5.41) is 5.90. The average Bonchev–Trinajstić information content (AvgIpc) is 2.84. The van der Waals surface area contributed by atoms with Crippen LogP contribution in [0.4, 0.5) is 0 Å². The lowest BCUT2D eigenvalue weighted by Gasteiger charge is -2.36. The molecule has 0 aromatic carbocycles. The van der Waals surface area contributed by atoms with Gasteiger partial charge in [-0.15, -0.1) is 11.3 Å². The molecule has 0 saturated heterocycles. The standard InChI is InChI=1S/C15H25NS/c1-3-12-7-8-15(16-4-2)13(10-12)11-14-6-5-9-17-14/h5-6,9,12-13,15-16H,3-4,7-8,10-11H2,1-2H3. The van der Waals surface area contributed by atoms with Crippen LogP contribution in [0, 0.1) is 11.8 Å². The lowest BCUT2D eigenvalue weighted by molar-refractivity contribution is 0.200. The topological polar surface area (TPSA) is 12.0 Å². The number of hydrogen-bond donors (Lipinski definition) is 1. The number of thiophene rings is 1. The monoisotopic (exact) mass is 251 g/mol. The zero-order chi connectivity index (χ0) is 12.1. The summed E-state index contributed by atoms with van der Waals surface area (Å²) < 4.78 is 0. The molecule has 2 rings (SSSR count). The summed E-state index contributed by atoms with van der Waals surface area (Å²) in [5.41, 5.74) is 0. The number of rotatable bonds is 5. The van der Waals surface area contributed by atoms with Crippen LogP contribution in [0.3, 0.4) is 0 Å². The Bertz CT molecular complexity index is 307. The van der Waals surface area contributed by atoms with Crippen molar-refractivity contribution in [2.24, 2.45) is 11.8 Å². The fourth-order valence-corrected chi connectivity index (χ4v) is 3.98. The maximum absolute atomic E-state index is 3.70. The van der Waals surface area contributed by atoms with Crippen LogP contribution >= 0.6 is 11.3 Å². The highest BCUT2D eigenvalue weighted by molar-refractivity contribution is 7.09. The van der Waals surface area contributed by atoms with Crippen molar-refractivity contribution in [3.8, 4) is 0 Å². The molecule has 2 heteroatoms. The van der Waals surface area contributed by atoms with E-state index in [9.17, 15) is 0 Å². The van der Waals surface area contributed by atoms with Gasteiger partial charge in [0.1, 0.15) is 0 Å². The molecule has 0 aliphatic heterocycles. The SMILES string of the molecule is CCNC1CCC(CC)CC1Cc1cccs1. The molecule has 1 aliphatic carbocycles. The Morgan fingerprint density at radius 3 is 2.88 bits per heavy atom. The summed E-state index contributed by atoms with van der Waals surface area (Å²) in [4.78, 5) is 1.56. The van der Waals surface area contributed by atoms with Gasteiger partial charge in [0.15, 0.2) is 0 Å². The van der Waals surface area contributed by atoms with Gasteiger partial charge < -0.3 is 5.32 Å². The zero-order valence-corrected chi connectivity index (χ0v) is 11.9. The minimum Gasteiger partial charge on any atom is -0.314 e. The Morgan fingerprint density at radius 1 is 1.35 bits per heavy atom. The van der Waals surface area contributed by atoms with Crippen LogP contribution in [0.5, 0.6) is 0 Å². The molecule has 96 valence electrons. The molecule has 1 heterocycles. The summed E-state index contributed by atoms with van der Waals surface area (Å²) in [5.74, 6) is 1.82. The van der Waals surface area contributed by atoms with Crippen molar-refractivity contribution in [3.05, 3.63) is 22.4 Å². The van der Waals surface area contributed by atoms with Crippen LogP contribution in [0.2, 0.25) is 0 Å². The van der Waals surface area contributed by atoms with Crippen LogP contribution in [0.15, 0.2) is 17.5 Å². The van der Waals surface area contributed by atoms with E-state index in [2.05, 4.69) is 36.7 Å². The Morgan fingerprint density at radius 2 is 2.24 bits per heavy atom. The van der Waals surface area contributed by atoms with Crippen molar-refractivity contribution in [1.82, 2.24) is 5.32 Å². The summed E-state index contributed by atoms with van der Waals surface area (Å²) in [7, 11) is 0. The van der Waals surface area contributed by atoms with E-state index in [0.29, 0.717) is 0 Å². The van der Waals surface area contributed by atoms with Crippen molar-refractivity contribution < 1.29 is 0 Å². The van der Waals surface area contributed by atoms with Gasteiger partial charge in [0.05, 0.1) is 0 Å². The van der Waals surface area contributed by atoms with Gasteiger partial charge in [-0.25, -0.2) is 0 Å². The van der Waals surface area contributed by atoms with Crippen molar-refractivity contribution >= 4 is 11.3 Å². The molecule has 17 heavy (non-hydrogen) atoms. The second-order valence-corrected chi connectivity index (χ2v) is 6.33. The second-order valence-electron chi connectivity index (χ2n) is 5.30. The van der Waals surface area contributed by atoms with Gasteiger partial charge in [0.2, 0.25) is 0 Å². The highest BCUT2D eigenvalue weighted by atomic mass is 32.1. The predicted octanol–water partition coefficient (Wildman–Crippen LogP) is 4.10. The first kappa shape index (κ1) is 13.1. The normalized spacial score (nSPS) is 29.4. The summed E-state index contributed by atoms with van der Waals surface area (Å²) in [6.45, 7) is 5.69. The number of hydrogen-bond acceptors (Lipinski definition) is 2. The molecule has 0 bridgehead atoms. The Balaban J connectivity index is 1.97. The van der Waals surface area contributed by atoms with E-state index in [1.165, 1.54) is 32.1 Å². The first-order valence-corrected chi connectivity index (χ1v) is 7.97. The van der Waals surface area contributed by atoms with Gasteiger partial charge in [-0.3, -0.25) is 0 Å². The molecule has 1 aliphatic rings. The lowest BCUT2D eigenvalue weighted by Crippen LogP contribution is -2.41. The fourth-order valence-electron chi connectivity index (χ4n) is 3.18. The summed E-state index contributed by atoms with van der Waals surface area (Å²) in [6, 6.07) is 5.23. The highest BCUT2D eigenvalue weighted by Gasteiger charge is 2.29. The first-order chi connectivity index (χ1) is 8.33. The molecule has 1 fully saturated rings. The van der Waals surface area contributed by atoms with E-state index in [1.54, 1.807) is 4.88 Å². The third kappa shape index (κ3) is 3.56. The highest BCUT2D eigenvalue weighted by Crippen LogP contribution is 2.34. The van der Waals surface area contributed by atoms with E-state index in [0.717, 1.165) is 24.4 Å². The number of nitrogens with one attached hydrogen (secondary N) is 1. The van der Waals surface area contributed by atoms with Crippen LogP contribution in [0.25, 0.3) is 0 Å². The fraction of sp³-hybridized carbons (Fsp3) is 0.733. The molecule has 1 aromatic rings. The van der Waals surface area contributed by atoms with E-state index in [4.69, 9.17) is 0 Å². The molecule has 0 amide bonds. The largest absolute Gasteiger partial charge is 0.314 e. The smallest absolute Gasteiger partial charge is 0.00988 e. The van der Waals surface area contributed by atoms with Crippen molar-refractivity contribution in [3.63, 3.8) is 0 Å². The van der Waals surface area contributed by atoms with Gasteiger partial charge >= 0.3 is 0 Å². The van der Waals surface area contributed by atoms with E-state index < -0.39 is 0 Å². The molecule has 1 aromatic heterocycles. The minimum absolute atomic E-state index is 0.755. The zero-order valence-electron chi connectivity index (χ0n) is 11.1. The third-order valence-electron chi connectivity index (χ3n) is 4.18. The maximum Gasteiger partial charge on any atom is 0.00988 e. The lowest BCUT2D eigenvalue weighted by atomic mass is 9.75. The van der Waals surface area contributed by atoms with Gasteiger partial charge in [0.25, 0.3) is 0 Å². The van der Waals surface area contributed by atoms with Crippen LogP contribution < -0.4 is 5.32 Å². The summed E-state index contributed by atoms with van der Waals surface area (Å²) >= 11 is 1.92. The Hall–Kier alpha value is -0.340. The third-order valence-corrected chi connectivity index (χ3v) is 5.08. The Kier molecular flexibility index (Phi) is 5.05. The molecule has 3 atom stereocenters. The van der Waals surface area contributed by atoms with Gasteiger partial charge in [0, 0.05) is 10.9 Å². The van der Waals surface area contributed by atoms with Gasteiger partial charge in [-0.1, -0.05) is 26.3 Å². The molecule has 1 saturated carbocycles. The van der Waals surface area contributed by atoms with Crippen molar-refractivity contribution in [2.75, 3.05) is 6.54 Å². The summed E-state index contributed by atoms with van der Waals surface area (Å²) in [6.07, 6.45) is 6.87. The molecular formula is C15H25NS. The van der Waals surface area contributed by atoms with Crippen molar-refractivity contribution in [2.45, 2.75) is 52.0 Å². The van der Waals surface area contributed by atoms with Gasteiger partial charge in [-0.05, 0) is 55.5 Å². The van der Waals surface area contributed by atoms with Crippen molar-refractivity contribution in [1.29, 1.82) is 0 Å². The van der Waals surface area contributed by atoms with Crippen LogP contribution in [0.1, 0.15) is 44.4 Å². The van der Waals surface area contributed by atoms with Crippen LogP contribution in [-0.4, -0.2) is 12.6 Å². The first-order valence-electron chi connectivity index (χ1n) is 7.09. The molecular weight excluding hydrogens is 226 g/mol. The molecule has 0 radical (unpaired) electrons. The molecule has 0 spiro atoms. The minimum atomic E-state index is 0.755. The van der Waals surface area contributed by atoms with Gasteiger partial charge in [-0.2, -0.15) is 0 Å². The quantitative estimate of drug-likeness (QED) is 0.831. The molecule has 3 unspecified atom stereocenters.